The van der Waals surface area contributed by atoms with Gasteiger partial charge in [-0.3, -0.25) is 14.4 Å². The van der Waals surface area contributed by atoms with Crippen LogP contribution in [0.5, 0.6) is 17.2 Å². The van der Waals surface area contributed by atoms with Gasteiger partial charge in [0.1, 0.15) is 17.2 Å². The quantitative estimate of drug-likeness (QED) is 0.130. The van der Waals surface area contributed by atoms with Gasteiger partial charge in [-0.2, -0.15) is 0 Å². The number of carbonyl (C=O) groups is 3. The summed E-state index contributed by atoms with van der Waals surface area (Å²) in [5.74, 6) is 0.163. The highest BCUT2D eigenvalue weighted by Crippen LogP contribution is 2.39. The maximum Gasteiger partial charge on any atom is 0.316 e. The number of carbonyl (C=O) groups excluding carboxylic acids is 3. The van der Waals surface area contributed by atoms with Gasteiger partial charge in [0.25, 0.3) is 0 Å². The van der Waals surface area contributed by atoms with E-state index in [1.165, 1.54) is 14.2 Å². The molecule has 206 valence electrons. The number of allylic oxidation sites excluding steroid dienone is 1. The smallest absolute Gasteiger partial charge is 0.316 e. The number of hydrogen-bond acceptors (Lipinski definition) is 7. The van der Waals surface area contributed by atoms with Crippen LogP contribution in [-0.4, -0.2) is 31.9 Å². The lowest BCUT2D eigenvalue weighted by Crippen LogP contribution is -2.27. The van der Waals surface area contributed by atoms with E-state index in [0.29, 0.717) is 28.4 Å². The van der Waals surface area contributed by atoms with Gasteiger partial charge in [-0.25, -0.2) is 0 Å². The normalized spacial score (nSPS) is 12.6. The van der Waals surface area contributed by atoms with E-state index in [-0.39, 0.29) is 28.9 Å². The Morgan fingerprint density at radius 1 is 0.711 bits per heavy atom. The third kappa shape index (κ3) is 7.70. The second kappa shape index (κ2) is 11.4. The first-order valence-corrected chi connectivity index (χ1v) is 12.5. The molecule has 0 aliphatic carbocycles. The summed E-state index contributed by atoms with van der Waals surface area (Å²) in [7, 11) is 2.92. The summed E-state index contributed by atoms with van der Waals surface area (Å²) >= 11 is 0. The zero-order chi connectivity index (χ0) is 29.1. The van der Waals surface area contributed by atoms with Crippen molar-refractivity contribution in [1.29, 1.82) is 0 Å². The van der Waals surface area contributed by atoms with Crippen molar-refractivity contribution in [3.8, 4) is 17.2 Å². The molecule has 0 N–H and O–H groups in total. The maximum absolute atomic E-state index is 13.3. The monoisotopic (exact) mass is 524 g/mol. The summed E-state index contributed by atoms with van der Waals surface area (Å²) in [5, 5.41) is 0. The average Bonchev–Trinajstić information content (AvgIpc) is 2.80. The van der Waals surface area contributed by atoms with Crippen molar-refractivity contribution in [3.63, 3.8) is 0 Å². The first-order valence-electron chi connectivity index (χ1n) is 12.5. The Labute approximate surface area is 226 Å². The van der Waals surface area contributed by atoms with Gasteiger partial charge < -0.3 is 18.9 Å². The SMILES string of the molecule is COC(=Cc1cc(C(C)(C)C)c(OC(=O)C(C)(C)C)cc1OC)C(=O)c1ccc(OC(=O)C(C)(C)C)cc1. The van der Waals surface area contributed by atoms with Crippen LogP contribution in [0.1, 0.15) is 83.8 Å². The van der Waals surface area contributed by atoms with Crippen molar-refractivity contribution in [3.05, 3.63) is 58.8 Å². The minimum absolute atomic E-state index is 0.0852. The van der Waals surface area contributed by atoms with Crippen LogP contribution < -0.4 is 14.2 Å². The zero-order valence-electron chi connectivity index (χ0n) is 24.4. The lowest BCUT2D eigenvalue weighted by atomic mass is 9.85. The molecule has 0 heterocycles. The first-order chi connectivity index (χ1) is 17.4. The number of Topliss-reactive ketones (excluding diaryl/α,β-unsaturated/α-hetero) is 1. The number of methoxy groups -OCH3 is 2. The van der Waals surface area contributed by atoms with Gasteiger partial charge in [0.05, 0.1) is 25.0 Å². The van der Waals surface area contributed by atoms with E-state index in [1.807, 2.05) is 26.8 Å². The first kappa shape index (κ1) is 30.6. The summed E-state index contributed by atoms with van der Waals surface area (Å²) < 4.78 is 22.2. The zero-order valence-corrected chi connectivity index (χ0v) is 24.4. The molecule has 0 saturated carbocycles. The molecular formula is C31H40O7. The van der Waals surface area contributed by atoms with Crippen molar-refractivity contribution >= 4 is 23.8 Å². The Balaban J connectivity index is 2.48. The van der Waals surface area contributed by atoms with Crippen molar-refractivity contribution < 1.29 is 33.3 Å². The Hall–Kier alpha value is -3.61. The standard InChI is InChI=1S/C31H40O7/c1-29(2,3)22-16-20(23(35-10)18-24(22)38-28(34)31(7,8)9)17-25(36-11)26(32)19-12-14-21(15-13-19)37-27(33)30(4,5)6/h12-18H,1-11H3. The van der Waals surface area contributed by atoms with Gasteiger partial charge in [-0.05, 0) is 83.4 Å². The van der Waals surface area contributed by atoms with E-state index in [0.717, 1.165) is 5.56 Å². The molecule has 0 spiro atoms. The predicted molar refractivity (Wildman–Crippen MR) is 148 cm³/mol. The van der Waals surface area contributed by atoms with Crippen LogP contribution in [0.2, 0.25) is 0 Å². The number of esters is 2. The fourth-order valence-corrected chi connectivity index (χ4v) is 3.23. The average molecular weight is 525 g/mol. The number of rotatable bonds is 7. The number of benzene rings is 2. The van der Waals surface area contributed by atoms with Crippen LogP contribution in [0, 0.1) is 10.8 Å². The second-order valence-electron chi connectivity index (χ2n) is 12.2. The fraction of sp³-hybridized carbons (Fsp3) is 0.452. The summed E-state index contributed by atoms with van der Waals surface area (Å²) in [4.78, 5) is 38.0. The van der Waals surface area contributed by atoms with E-state index in [2.05, 4.69) is 0 Å². The summed E-state index contributed by atoms with van der Waals surface area (Å²) in [5.41, 5.74) is 0.0202. The third-order valence-electron chi connectivity index (χ3n) is 5.62. The molecule has 2 rings (SSSR count). The summed E-state index contributed by atoms with van der Waals surface area (Å²) in [6.45, 7) is 16.7. The van der Waals surface area contributed by atoms with Crippen LogP contribution in [0.3, 0.4) is 0 Å². The van der Waals surface area contributed by atoms with Gasteiger partial charge in [0.2, 0.25) is 5.78 Å². The van der Waals surface area contributed by atoms with Crippen LogP contribution in [0.15, 0.2) is 42.2 Å². The van der Waals surface area contributed by atoms with Gasteiger partial charge in [0.15, 0.2) is 5.76 Å². The third-order valence-corrected chi connectivity index (χ3v) is 5.62. The predicted octanol–water partition coefficient (Wildman–Crippen LogP) is 6.77. The Kier molecular flexibility index (Phi) is 9.20. The van der Waals surface area contributed by atoms with E-state index in [4.69, 9.17) is 18.9 Å². The highest BCUT2D eigenvalue weighted by molar-refractivity contribution is 6.10. The Bertz CT molecular complexity index is 1220. The van der Waals surface area contributed by atoms with E-state index in [1.54, 1.807) is 78.0 Å². The van der Waals surface area contributed by atoms with Crippen molar-refractivity contribution in [2.75, 3.05) is 14.2 Å². The molecule has 0 aliphatic heterocycles. The second-order valence-corrected chi connectivity index (χ2v) is 12.2. The van der Waals surface area contributed by atoms with Crippen molar-refractivity contribution in [2.24, 2.45) is 10.8 Å². The van der Waals surface area contributed by atoms with Gasteiger partial charge >= 0.3 is 11.9 Å². The topological polar surface area (TPSA) is 88.1 Å². The molecule has 0 unspecified atom stereocenters. The minimum atomic E-state index is -0.683. The molecule has 0 aliphatic rings. The molecule has 0 atom stereocenters. The van der Waals surface area contributed by atoms with Gasteiger partial charge in [-0.15, -0.1) is 0 Å². The largest absolute Gasteiger partial charge is 0.496 e. The minimum Gasteiger partial charge on any atom is -0.496 e. The molecule has 0 amide bonds. The lowest BCUT2D eigenvalue weighted by Gasteiger charge is -2.26. The van der Waals surface area contributed by atoms with Crippen molar-refractivity contribution in [1.82, 2.24) is 0 Å². The van der Waals surface area contributed by atoms with Crippen molar-refractivity contribution in [2.45, 2.75) is 67.7 Å². The van der Waals surface area contributed by atoms with Crippen LogP contribution >= 0.6 is 0 Å². The highest BCUT2D eigenvalue weighted by Gasteiger charge is 2.29. The molecule has 2 aromatic rings. The maximum atomic E-state index is 13.3. The molecule has 2 aromatic carbocycles. The Morgan fingerprint density at radius 3 is 1.68 bits per heavy atom. The number of ether oxygens (including phenoxy) is 4. The molecule has 0 saturated heterocycles. The summed E-state index contributed by atoms with van der Waals surface area (Å²) in [6.07, 6.45) is 1.60. The number of hydrogen-bond donors (Lipinski definition) is 0. The van der Waals surface area contributed by atoms with Gasteiger partial charge in [0, 0.05) is 22.8 Å². The highest BCUT2D eigenvalue weighted by atomic mass is 16.5. The molecular weight excluding hydrogens is 484 g/mol. The number of ketones is 1. The van der Waals surface area contributed by atoms with Gasteiger partial charge in [-0.1, -0.05) is 20.8 Å². The van der Waals surface area contributed by atoms with E-state index in [9.17, 15) is 14.4 Å². The van der Waals surface area contributed by atoms with Crippen LogP contribution in [0.25, 0.3) is 6.08 Å². The van der Waals surface area contributed by atoms with E-state index < -0.39 is 10.8 Å². The molecule has 7 nitrogen and oxygen atoms in total. The molecule has 0 fully saturated rings. The molecule has 0 bridgehead atoms. The molecule has 0 aromatic heterocycles. The van der Waals surface area contributed by atoms with Crippen LogP contribution in [-0.2, 0) is 19.7 Å². The lowest BCUT2D eigenvalue weighted by molar-refractivity contribution is -0.143. The molecule has 38 heavy (non-hydrogen) atoms. The molecule has 0 radical (unpaired) electrons. The van der Waals surface area contributed by atoms with Crippen LogP contribution in [0.4, 0.5) is 0 Å². The Morgan fingerprint density at radius 2 is 1.24 bits per heavy atom. The fourth-order valence-electron chi connectivity index (χ4n) is 3.23. The molecule has 7 heteroatoms. The van der Waals surface area contributed by atoms with E-state index >= 15 is 0 Å². The summed E-state index contributed by atoms with van der Waals surface area (Å²) in [6, 6.07) is 9.79.